The Hall–Kier alpha value is -2.40. The van der Waals surface area contributed by atoms with Crippen LogP contribution in [0.1, 0.15) is 35.7 Å². The lowest BCUT2D eigenvalue weighted by molar-refractivity contribution is -0.129. The van der Waals surface area contributed by atoms with E-state index in [0.717, 1.165) is 41.0 Å². The maximum atomic E-state index is 12.9. The van der Waals surface area contributed by atoms with E-state index in [1.807, 2.05) is 43.1 Å². The first kappa shape index (κ1) is 18.0. The van der Waals surface area contributed by atoms with Crippen molar-refractivity contribution >= 4 is 28.7 Å². The quantitative estimate of drug-likeness (QED) is 0.625. The van der Waals surface area contributed by atoms with E-state index in [1.165, 1.54) is 22.9 Å². The molecule has 2 aromatic carbocycles. The van der Waals surface area contributed by atoms with Crippen LogP contribution in [0.5, 0.6) is 0 Å². The third-order valence-electron chi connectivity index (χ3n) is 5.23. The van der Waals surface area contributed by atoms with Crippen molar-refractivity contribution in [2.24, 2.45) is 0 Å². The Morgan fingerprint density at radius 3 is 2.63 bits per heavy atom. The molecule has 4 rings (SSSR count). The molecule has 1 aliphatic rings. The standard InChI is InChI=1S/C22H23N3OS/c1-15-22(24-19-12-6-5-11-18(19)23-15)27-14-21(26)25(2)20-13-7-9-16-8-3-4-10-17(16)20/h3-6,8,10-12,20H,7,9,13-14H2,1-2H3. The third-order valence-corrected chi connectivity index (χ3v) is 6.28. The van der Waals surface area contributed by atoms with E-state index in [0.29, 0.717) is 5.75 Å². The van der Waals surface area contributed by atoms with Gasteiger partial charge in [0.05, 0.1) is 28.5 Å². The Labute approximate surface area is 164 Å². The van der Waals surface area contributed by atoms with Crippen molar-refractivity contribution in [3.05, 3.63) is 65.4 Å². The summed E-state index contributed by atoms with van der Waals surface area (Å²) in [4.78, 5) is 24.1. The Balaban J connectivity index is 1.48. The first-order valence-corrected chi connectivity index (χ1v) is 10.3. The second-order valence-corrected chi connectivity index (χ2v) is 7.97. The molecule has 27 heavy (non-hydrogen) atoms. The van der Waals surface area contributed by atoms with Crippen LogP contribution in [0.3, 0.4) is 0 Å². The van der Waals surface area contributed by atoms with Crippen molar-refractivity contribution < 1.29 is 4.79 Å². The number of benzene rings is 2. The molecule has 0 spiro atoms. The summed E-state index contributed by atoms with van der Waals surface area (Å²) >= 11 is 1.48. The lowest BCUT2D eigenvalue weighted by Gasteiger charge is -2.33. The number of hydrogen-bond acceptors (Lipinski definition) is 4. The summed E-state index contributed by atoms with van der Waals surface area (Å²) in [6, 6.07) is 16.5. The predicted octanol–water partition coefficient (Wildman–Crippen LogP) is 4.57. The van der Waals surface area contributed by atoms with Crippen LogP contribution >= 0.6 is 11.8 Å². The van der Waals surface area contributed by atoms with E-state index in [-0.39, 0.29) is 11.9 Å². The first-order valence-electron chi connectivity index (χ1n) is 9.33. The number of fused-ring (bicyclic) bond motifs is 2. The molecule has 1 unspecified atom stereocenters. The molecule has 0 bridgehead atoms. The van der Waals surface area contributed by atoms with Gasteiger partial charge in [0.1, 0.15) is 5.03 Å². The Morgan fingerprint density at radius 1 is 1.11 bits per heavy atom. The van der Waals surface area contributed by atoms with E-state index in [1.54, 1.807) is 0 Å². The monoisotopic (exact) mass is 377 g/mol. The topological polar surface area (TPSA) is 46.1 Å². The number of amides is 1. The van der Waals surface area contributed by atoms with Crippen molar-refractivity contribution in [2.75, 3.05) is 12.8 Å². The van der Waals surface area contributed by atoms with Gasteiger partial charge in [-0.05, 0) is 49.4 Å². The maximum Gasteiger partial charge on any atom is 0.233 e. The second-order valence-electron chi connectivity index (χ2n) is 7.00. The van der Waals surface area contributed by atoms with E-state index < -0.39 is 0 Å². The summed E-state index contributed by atoms with van der Waals surface area (Å²) in [7, 11) is 1.93. The van der Waals surface area contributed by atoms with Gasteiger partial charge in [-0.3, -0.25) is 4.79 Å². The molecule has 0 radical (unpaired) electrons. The fourth-order valence-corrected chi connectivity index (χ4v) is 4.63. The number of hydrogen-bond donors (Lipinski definition) is 0. The molecule has 138 valence electrons. The Kier molecular flexibility index (Phi) is 5.12. The lowest BCUT2D eigenvalue weighted by atomic mass is 9.87. The van der Waals surface area contributed by atoms with Gasteiger partial charge < -0.3 is 4.90 Å². The van der Waals surface area contributed by atoms with Gasteiger partial charge in [0.25, 0.3) is 0 Å². The minimum atomic E-state index is 0.135. The lowest BCUT2D eigenvalue weighted by Crippen LogP contribution is -2.34. The van der Waals surface area contributed by atoms with Crippen LogP contribution in [0.4, 0.5) is 0 Å². The van der Waals surface area contributed by atoms with Gasteiger partial charge >= 0.3 is 0 Å². The zero-order valence-corrected chi connectivity index (χ0v) is 16.5. The van der Waals surface area contributed by atoms with Gasteiger partial charge in [0.2, 0.25) is 5.91 Å². The molecule has 1 aliphatic carbocycles. The van der Waals surface area contributed by atoms with Crippen LogP contribution in [0.2, 0.25) is 0 Å². The second kappa shape index (κ2) is 7.69. The zero-order chi connectivity index (χ0) is 18.8. The normalized spacial score (nSPS) is 16.1. The summed E-state index contributed by atoms with van der Waals surface area (Å²) in [5, 5.41) is 0.833. The zero-order valence-electron chi connectivity index (χ0n) is 15.7. The van der Waals surface area contributed by atoms with Crippen LogP contribution < -0.4 is 0 Å². The van der Waals surface area contributed by atoms with Crippen LogP contribution in [0.25, 0.3) is 11.0 Å². The van der Waals surface area contributed by atoms with Gasteiger partial charge in [0.15, 0.2) is 0 Å². The molecule has 0 N–H and O–H groups in total. The smallest absolute Gasteiger partial charge is 0.233 e. The van der Waals surface area contributed by atoms with Crippen molar-refractivity contribution in [1.82, 2.24) is 14.9 Å². The summed E-state index contributed by atoms with van der Waals surface area (Å²) in [6.07, 6.45) is 3.26. The molecular formula is C22H23N3OS. The Morgan fingerprint density at radius 2 is 1.81 bits per heavy atom. The number of carbonyl (C=O) groups excluding carboxylic acids is 1. The molecule has 5 heteroatoms. The number of thioether (sulfide) groups is 1. The average Bonchev–Trinajstić information content (AvgIpc) is 2.71. The highest BCUT2D eigenvalue weighted by Gasteiger charge is 2.26. The molecule has 1 atom stereocenters. The van der Waals surface area contributed by atoms with Gasteiger partial charge in [-0.1, -0.05) is 48.2 Å². The van der Waals surface area contributed by atoms with Crippen LogP contribution in [0.15, 0.2) is 53.6 Å². The first-order chi connectivity index (χ1) is 13.1. The van der Waals surface area contributed by atoms with E-state index >= 15 is 0 Å². The molecule has 0 aliphatic heterocycles. The van der Waals surface area contributed by atoms with Gasteiger partial charge in [-0.25, -0.2) is 9.97 Å². The minimum Gasteiger partial charge on any atom is -0.338 e. The molecule has 1 amide bonds. The van der Waals surface area contributed by atoms with Crippen LogP contribution in [0, 0.1) is 6.92 Å². The molecule has 1 aromatic heterocycles. The summed E-state index contributed by atoms with van der Waals surface area (Å²) in [5.74, 6) is 0.513. The van der Waals surface area contributed by atoms with Crippen molar-refractivity contribution in [3.8, 4) is 0 Å². The molecule has 4 nitrogen and oxygen atoms in total. The number of para-hydroxylation sites is 2. The van der Waals surface area contributed by atoms with E-state index in [9.17, 15) is 4.79 Å². The van der Waals surface area contributed by atoms with Crippen molar-refractivity contribution in [1.29, 1.82) is 0 Å². The van der Waals surface area contributed by atoms with Crippen molar-refractivity contribution in [2.45, 2.75) is 37.3 Å². The minimum absolute atomic E-state index is 0.135. The summed E-state index contributed by atoms with van der Waals surface area (Å²) < 4.78 is 0. The SMILES string of the molecule is Cc1nc2ccccc2nc1SCC(=O)N(C)C1CCCc2ccccc21. The molecule has 0 fully saturated rings. The average molecular weight is 378 g/mol. The maximum absolute atomic E-state index is 12.9. The predicted molar refractivity (Wildman–Crippen MR) is 110 cm³/mol. The molecule has 0 saturated carbocycles. The molecule has 3 aromatic rings. The molecule has 0 saturated heterocycles. The van der Waals surface area contributed by atoms with Gasteiger partial charge in [-0.15, -0.1) is 0 Å². The number of rotatable bonds is 4. The third kappa shape index (κ3) is 3.69. The number of aromatic nitrogens is 2. The number of aryl methyl sites for hydroxylation is 2. The summed E-state index contributed by atoms with van der Waals surface area (Å²) in [5.41, 5.74) is 5.30. The number of nitrogens with zero attached hydrogens (tertiary/aromatic N) is 3. The van der Waals surface area contributed by atoms with Gasteiger partial charge in [-0.2, -0.15) is 0 Å². The largest absolute Gasteiger partial charge is 0.338 e. The molecular weight excluding hydrogens is 354 g/mol. The molecule has 1 heterocycles. The Bertz CT molecular complexity index is 988. The van der Waals surface area contributed by atoms with Crippen LogP contribution in [-0.2, 0) is 11.2 Å². The van der Waals surface area contributed by atoms with Gasteiger partial charge in [0, 0.05) is 7.05 Å². The van der Waals surface area contributed by atoms with E-state index in [4.69, 9.17) is 0 Å². The number of carbonyl (C=O) groups is 1. The van der Waals surface area contributed by atoms with E-state index in [2.05, 4.69) is 34.2 Å². The highest BCUT2D eigenvalue weighted by Crippen LogP contribution is 2.34. The van der Waals surface area contributed by atoms with Crippen LogP contribution in [-0.4, -0.2) is 33.6 Å². The summed E-state index contributed by atoms with van der Waals surface area (Å²) in [6.45, 7) is 1.95. The van der Waals surface area contributed by atoms with Crippen molar-refractivity contribution in [3.63, 3.8) is 0 Å². The fourth-order valence-electron chi connectivity index (χ4n) is 3.75. The highest BCUT2D eigenvalue weighted by molar-refractivity contribution is 7.99. The fraction of sp³-hybridized carbons (Fsp3) is 0.318. The highest BCUT2D eigenvalue weighted by atomic mass is 32.2.